The SMILES string of the molecule is COc1cc(C(=O)OCOC(=O)n2c(-c3cn4ncnc4c(C)c3C)c(C(C)C)c3cc(C4CCNCC4)ccc32)ccc1OP(=O)(O)OCc1ccccc1. The molecule has 0 saturated carbocycles. The number of phosphoric acid groups is 1. The van der Waals surface area contributed by atoms with E-state index >= 15 is 0 Å². The highest BCUT2D eigenvalue weighted by Crippen LogP contribution is 2.48. The fraction of sp³-hybridized carbons (Fsp3) is 0.317. The summed E-state index contributed by atoms with van der Waals surface area (Å²) in [5, 5.41) is 8.79. The summed E-state index contributed by atoms with van der Waals surface area (Å²) in [6.45, 7) is 9.24. The van der Waals surface area contributed by atoms with Gasteiger partial charge < -0.3 is 24.1 Å². The highest BCUT2D eigenvalue weighted by molar-refractivity contribution is 7.47. The summed E-state index contributed by atoms with van der Waals surface area (Å²) in [4.78, 5) is 42.2. The number of nitrogens with one attached hydrogen (secondary N) is 1. The number of fused-ring (bicyclic) bond motifs is 2. The van der Waals surface area contributed by atoms with Gasteiger partial charge >= 0.3 is 19.9 Å². The van der Waals surface area contributed by atoms with Gasteiger partial charge in [0.25, 0.3) is 0 Å². The van der Waals surface area contributed by atoms with Crippen molar-refractivity contribution in [2.45, 2.75) is 59.0 Å². The molecule has 4 heterocycles. The molecule has 3 aromatic carbocycles. The molecule has 292 valence electrons. The first-order valence-corrected chi connectivity index (χ1v) is 19.9. The van der Waals surface area contributed by atoms with E-state index in [1.165, 1.54) is 37.2 Å². The van der Waals surface area contributed by atoms with E-state index in [1.807, 2.05) is 32.2 Å². The van der Waals surface area contributed by atoms with Gasteiger partial charge in [0.2, 0.25) is 6.79 Å². The van der Waals surface area contributed by atoms with Crippen molar-refractivity contribution in [1.82, 2.24) is 24.5 Å². The fourth-order valence-electron chi connectivity index (χ4n) is 7.25. The Morgan fingerprint density at radius 2 is 1.75 bits per heavy atom. The summed E-state index contributed by atoms with van der Waals surface area (Å²) in [5.74, 6) is -0.552. The summed E-state index contributed by atoms with van der Waals surface area (Å²) < 4.78 is 42.7. The maximum atomic E-state index is 14.2. The van der Waals surface area contributed by atoms with E-state index in [0.717, 1.165) is 59.2 Å². The molecule has 0 radical (unpaired) electrons. The number of nitrogens with zero attached hydrogens (tertiary/aromatic N) is 4. The van der Waals surface area contributed by atoms with Crippen molar-refractivity contribution in [3.8, 4) is 22.8 Å². The van der Waals surface area contributed by atoms with E-state index in [0.29, 0.717) is 22.7 Å². The van der Waals surface area contributed by atoms with Gasteiger partial charge in [-0.25, -0.2) is 28.2 Å². The molecule has 15 heteroatoms. The van der Waals surface area contributed by atoms with Crippen molar-refractivity contribution in [3.05, 3.63) is 113 Å². The number of aromatic nitrogens is 4. The van der Waals surface area contributed by atoms with Crippen LogP contribution in [0.5, 0.6) is 11.5 Å². The lowest BCUT2D eigenvalue weighted by Crippen LogP contribution is -2.26. The molecule has 14 nitrogen and oxygen atoms in total. The van der Waals surface area contributed by atoms with E-state index in [1.54, 1.807) is 33.3 Å². The number of pyridine rings is 1. The first-order valence-electron chi connectivity index (χ1n) is 18.4. The van der Waals surface area contributed by atoms with Gasteiger partial charge in [0.15, 0.2) is 17.1 Å². The molecule has 1 aliphatic rings. The monoisotopic (exact) mass is 781 g/mol. The third kappa shape index (κ3) is 7.92. The van der Waals surface area contributed by atoms with E-state index < -0.39 is 26.7 Å². The van der Waals surface area contributed by atoms with Crippen LogP contribution in [0.3, 0.4) is 0 Å². The second-order valence-electron chi connectivity index (χ2n) is 14.0. The van der Waals surface area contributed by atoms with E-state index in [-0.39, 0.29) is 29.6 Å². The summed E-state index contributed by atoms with van der Waals surface area (Å²) in [6, 6.07) is 19.0. The van der Waals surface area contributed by atoms with Gasteiger partial charge in [0.1, 0.15) is 6.33 Å². The Kier molecular flexibility index (Phi) is 11.3. The highest BCUT2D eigenvalue weighted by atomic mass is 31.2. The number of benzene rings is 3. The molecule has 0 amide bonds. The Morgan fingerprint density at radius 3 is 2.48 bits per heavy atom. The van der Waals surface area contributed by atoms with Crippen LogP contribution in [0.25, 0.3) is 27.8 Å². The number of hydrogen-bond donors (Lipinski definition) is 2. The number of ether oxygens (including phenoxy) is 3. The standard InChI is InChI=1S/C41H44N5O9P/c1-25(2)37-32-19-30(29-15-17-42-18-16-29)11-13-34(32)46(38(37)33-21-45-39(43-23-44-45)27(4)26(33)3)41(48)53-24-52-40(47)31-12-14-35(36(20-31)51-5)55-56(49,50)54-22-28-9-7-6-8-10-28/h6-14,19-21,23,25,29,42H,15-18,22,24H2,1-5H3,(H,49,50). The third-order valence-corrected chi connectivity index (χ3v) is 11.1. The summed E-state index contributed by atoms with van der Waals surface area (Å²) in [6.07, 6.45) is 4.70. The summed E-state index contributed by atoms with van der Waals surface area (Å²) in [7, 11) is -3.24. The van der Waals surface area contributed by atoms with Gasteiger partial charge in [-0.1, -0.05) is 50.2 Å². The zero-order chi connectivity index (χ0) is 39.6. The molecule has 2 N–H and O–H groups in total. The number of carbonyl (C=O) groups is 2. The van der Waals surface area contributed by atoms with Crippen molar-refractivity contribution < 1.29 is 42.3 Å². The van der Waals surface area contributed by atoms with Crippen LogP contribution in [-0.4, -0.2) is 63.1 Å². The van der Waals surface area contributed by atoms with E-state index in [9.17, 15) is 19.0 Å². The Bertz CT molecular complexity index is 2450. The van der Waals surface area contributed by atoms with Crippen LogP contribution >= 0.6 is 7.82 Å². The number of methoxy groups -OCH3 is 1. The second kappa shape index (κ2) is 16.3. The van der Waals surface area contributed by atoms with Crippen LogP contribution in [0.1, 0.15) is 76.7 Å². The topological polar surface area (TPSA) is 165 Å². The van der Waals surface area contributed by atoms with Gasteiger partial charge in [-0.3, -0.25) is 9.42 Å². The number of phosphoric ester groups is 1. The Morgan fingerprint density at radius 1 is 0.982 bits per heavy atom. The van der Waals surface area contributed by atoms with Gasteiger partial charge in [-0.05, 0) is 110 Å². The van der Waals surface area contributed by atoms with Gasteiger partial charge in [0, 0.05) is 17.1 Å². The molecule has 56 heavy (non-hydrogen) atoms. The number of carbonyl (C=O) groups excluding carboxylic acids is 2. The van der Waals surface area contributed by atoms with Crippen LogP contribution in [0, 0.1) is 13.8 Å². The molecule has 3 aromatic heterocycles. The number of aryl methyl sites for hydroxylation is 1. The molecule has 1 saturated heterocycles. The van der Waals surface area contributed by atoms with Crippen LogP contribution in [-0.2, 0) is 25.2 Å². The summed E-state index contributed by atoms with van der Waals surface area (Å²) >= 11 is 0. The predicted octanol–water partition coefficient (Wildman–Crippen LogP) is 8.06. The van der Waals surface area contributed by atoms with Crippen LogP contribution in [0.4, 0.5) is 4.79 Å². The molecule has 7 rings (SSSR count). The molecule has 1 atom stereocenters. The lowest BCUT2D eigenvalue weighted by atomic mass is 9.88. The van der Waals surface area contributed by atoms with Crippen molar-refractivity contribution in [1.29, 1.82) is 0 Å². The van der Waals surface area contributed by atoms with Crippen LogP contribution in [0.2, 0.25) is 0 Å². The van der Waals surface area contributed by atoms with Crippen molar-refractivity contribution in [2.24, 2.45) is 0 Å². The zero-order valence-electron chi connectivity index (χ0n) is 31.9. The van der Waals surface area contributed by atoms with Gasteiger partial charge in [0.05, 0.1) is 30.5 Å². The number of rotatable bonds is 12. The van der Waals surface area contributed by atoms with Crippen molar-refractivity contribution in [2.75, 3.05) is 27.0 Å². The predicted molar refractivity (Wildman–Crippen MR) is 209 cm³/mol. The molecule has 1 fully saturated rings. The normalized spacial score (nSPS) is 14.6. The molecule has 1 unspecified atom stereocenters. The largest absolute Gasteiger partial charge is 0.527 e. The molecule has 0 aliphatic carbocycles. The van der Waals surface area contributed by atoms with E-state index in [4.69, 9.17) is 23.3 Å². The Hall–Kier alpha value is -5.53. The molecule has 6 aromatic rings. The third-order valence-electron chi connectivity index (χ3n) is 10.2. The maximum absolute atomic E-state index is 14.2. The maximum Gasteiger partial charge on any atom is 0.527 e. The minimum absolute atomic E-state index is 0.0161. The Labute approximate surface area is 323 Å². The Balaban J connectivity index is 1.14. The fourth-order valence-corrected chi connectivity index (χ4v) is 8.02. The number of esters is 1. The quantitative estimate of drug-likeness (QED) is 0.0698. The van der Waals surface area contributed by atoms with Crippen LogP contribution in [0.15, 0.2) is 79.3 Å². The molecule has 0 bridgehead atoms. The first kappa shape index (κ1) is 38.7. The molecule has 1 aliphatic heterocycles. The van der Waals surface area contributed by atoms with Gasteiger partial charge in [-0.2, -0.15) is 5.10 Å². The van der Waals surface area contributed by atoms with Gasteiger partial charge in [-0.15, -0.1) is 0 Å². The van der Waals surface area contributed by atoms with Crippen LogP contribution < -0.4 is 14.6 Å². The molecular weight excluding hydrogens is 737 g/mol. The minimum atomic E-state index is -4.56. The average Bonchev–Trinajstić information content (AvgIpc) is 3.82. The summed E-state index contributed by atoms with van der Waals surface area (Å²) in [5.41, 5.74) is 7.63. The lowest BCUT2D eigenvalue weighted by molar-refractivity contribution is -0.00170. The first-order chi connectivity index (χ1) is 27.0. The molecular formula is C41H44N5O9P. The number of piperidine rings is 1. The zero-order valence-corrected chi connectivity index (χ0v) is 32.7. The van der Waals surface area contributed by atoms with Crippen molar-refractivity contribution >= 4 is 36.4 Å². The lowest BCUT2D eigenvalue weighted by Gasteiger charge is -2.23. The molecule has 0 spiro atoms. The highest BCUT2D eigenvalue weighted by Gasteiger charge is 2.30. The number of hydrogen-bond acceptors (Lipinski definition) is 11. The second-order valence-corrected chi connectivity index (χ2v) is 15.4. The van der Waals surface area contributed by atoms with Crippen molar-refractivity contribution in [3.63, 3.8) is 0 Å². The smallest absolute Gasteiger partial charge is 0.493 e. The minimum Gasteiger partial charge on any atom is -0.493 e. The average molecular weight is 782 g/mol. The van der Waals surface area contributed by atoms with E-state index in [2.05, 4.69) is 41.4 Å².